The van der Waals surface area contributed by atoms with Crippen LogP contribution in [-0.4, -0.2) is 20.1 Å². The van der Waals surface area contributed by atoms with Crippen molar-refractivity contribution < 1.29 is 3.79 Å². The van der Waals surface area contributed by atoms with Gasteiger partial charge in [-0.25, -0.2) is 0 Å². The molecule has 0 radical (unpaired) electrons. The number of rotatable bonds is 7. The average Bonchev–Trinajstić information content (AvgIpc) is 2.91. The van der Waals surface area contributed by atoms with Gasteiger partial charge in [-0.3, -0.25) is 0 Å². The van der Waals surface area contributed by atoms with Crippen LogP contribution < -0.4 is 0 Å². The normalized spacial score (nSPS) is 18.7. The smallest absolute Gasteiger partial charge is 0.461 e. The van der Waals surface area contributed by atoms with Gasteiger partial charge in [-0.05, 0) is 42.5 Å². The second-order valence-corrected chi connectivity index (χ2v) is 11.6. The molecule has 0 N–H and O–H groups in total. The topological polar surface area (TPSA) is 9.23 Å². The maximum Gasteiger partial charge on any atom is 0.461 e. The number of allylic oxidation sites excluding steroid dienone is 1. The molecule has 1 unspecified atom stereocenters. The minimum absolute atomic E-state index is 0.127. The van der Waals surface area contributed by atoms with Crippen LogP contribution in [0.4, 0.5) is 0 Å². The molecule has 0 aliphatic heterocycles. The Bertz CT molecular complexity index is 671. The quantitative estimate of drug-likeness (QED) is 0.518. The van der Waals surface area contributed by atoms with Crippen LogP contribution in [0.3, 0.4) is 0 Å². The van der Waals surface area contributed by atoms with Crippen molar-refractivity contribution in [3.05, 3.63) is 47.0 Å². The number of benzene rings is 1. The highest BCUT2D eigenvalue weighted by Gasteiger charge is 2.39. The van der Waals surface area contributed by atoms with Gasteiger partial charge in [0.1, 0.15) is 0 Å². The fourth-order valence-corrected chi connectivity index (χ4v) is 8.04. The van der Waals surface area contributed by atoms with E-state index in [1.165, 1.54) is 32.8 Å². The molecule has 1 atom stereocenters. The Hall–Kier alpha value is -0.808. The Morgan fingerprint density at radius 1 is 1.12 bits per heavy atom. The highest BCUT2D eigenvalue weighted by molar-refractivity contribution is 6.52. The monoisotopic (exact) mass is 352 g/mol. The summed E-state index contributed by atoms with van der Waals surface area (Å²) < 4.78 is 6.92. The molecule has 1 aromatic rings. The molecule has 2 aliphatic carbocycles. The van der Waals surface area contributed by atoms with Gasteiger partial charge in [0, 0.05) is 11.5 Å². The van der Waals surface area contributed by atoms with Crippen LogP contribution in [0, 0.1) is 17.8 Å². The van der Waals surface area contributed by atoms with Crippen molar-refractivity contribution in [2.45, 2.75) is 64.1 Å². The molecule has 0 saturated heterocycles. The minimum atomic E-state index is -1.21. The molecular weight excluding hydrogens is 319 g/mol. The summed E-state index contributed by atoms with van der Waals surface area (Å²) in [5, 5.41) is 2.55. The summed E-state index contributed by atoms with van der Waals surface area (Å²) in [7, 11) is 0. The van der Waals surface area contributed by atoms with Gasteiger partial charge in [-0.2, -0.15) is 0 Å². The Labute approximate surface area is 158 Å². The van der Waals surface area contributed by atoms with Gasteiger partial charge in [0.05, 0.1) is 0 Å². The predicted octanol–water partition coefficient (Wildman–Crippen LogP) is 6.37. The van der Waals surface area contributed by atoms with E-state index in [4.69, 9.17) is 3.79 Å². The predicted molar refractivity (Wildman–Crippen MR) is 111 cm³/mol. The molecule has 0 heterocycles. The van der Waals surface area contributed by atoms with E-state index in [0.29, 0.717) is 5.92 Å². The highest BCUT2D eigenvalue weighted by atomic mass is 27.2. The second-order valence-electron chi connectivity index (χ2n) is 9.18. The van der Waals surface area contributed by atoms with E-state index in [2.05, 4.69) is 78.0 Å². The summed E-state index contributed by atoms with van der Waals surface area (Å²) in [6.07, 6.45) is 8.22. The molecule has 0 fully saturated rings. The molecule has 2 heteroatoms. The number of hydrogen-bond acceptors (Lipinski definition) is 1. The van der Waals surface area contributed by atoms with Crippen molar-refractivity contribution in [2.75, 3.05) is 0 Å². The molecule has 0 spiro atoms. The van der Waals surface area contributed by atoms with Crippen LogP contribution in [-0.2, 0) is 10.2 Å². The third-order valence-corrected chi connectivity index (χ3v) is 9.38. The zero-order valence-electron chi connectivity index (χ0n) is 16.8. The number of hydrogen-bond donors (Lipinski definition) is 0. The van der Waals surface area contributed by atoms with Gasteiger partial charge in [0.2, 0.25) is 0 Å². The van der Waals surface area contributed by atoms with Crippen molar-refractivity contribution in [3.63, 3.8) is 0 Å². The van der Waals surface area contributed by atoms with Gasteiger partial charge in [-0.1, -0.05) is 86.5 Å². The summed E-state index contributed by atoms with van der Waals surface area (Å²) in [6, 6.07) is 6.71. The first-order valence-corrected chi connectivity index (χ1v) is 12.1. The maximum absolute atomic E-state index is 6.92. The van der Waals surface area contributed by atoms with E-state index in [0.717, 1.165) is 18.3 Å². The first kappa shape index (κ1) is 19.0. The zero-order chi connectivity index (χ0) is 18.2. The summed E-state index contributed by atoms with van der Waals surface area (Å²) in [4.78, 5) is 0. The lowest BCUT2D eigenvalue weighted by molar-refractivity contribution is 0.0810. The lowest BCUT2D eigenvalue weighted by atomic mass is 9.77. The van der Waals surface area contributed by atoms with Gasteiger partial charge < -0.3 is 3.79 Å². The second kappa shape index (κ2) is 7.44. The fraction of sp³-hybridized carbons (Fsp3) is 0.565. The lowest BCUT2D eigenvalue weighted by Gasteiger charge is -2.40. The summed E-state index contributed by atoms with van der Waals surface area (Å²) in [5.74, 6) is 1.83. The third kappa shape index (κ3) is 4.13. The maximum atomic E-state index is 6.92. The van der Waals surface area contributed by atoms with E-state index in [1.807, 2.05) is 0 Å². The van der Waals surface area contributed by atoms with Crippen LogP contribution in [0.5, 0.6) is 0 Å². The molecule has 0 aromatic heterocycles. The van der Waals surface area contributed by atoms with Gasteiger partial charge in [-0.15, -0.1) is 0 Å². The van der Waals surface area contributed by atoms with Crippen LogP contribution in [0.1, 0.15) is 58.2 Å². The first-order chi connectivity index (χ1) is 11.8. The summed E-state index contributed by atoms with van der Waals surface area (Å²) >= 11 is -1.21. The Morgan fingerprint density at radius 2 is 1.80 bits per heavy atom. The molecular formula is C23H33AlO. The molecule has 0 saturated carbocycles. The van der Waals surface area contributed by atoms with Gasteiger partial charge >= 0.3 is 14.5 Å². The molecule has 3 rings (SSSR count). The molecule has 2 aliphatic rings. The van der Waals surface area contributed by atoms with E-state index in [1.54, 1.807) is 0 Å². The van der Waals surface area contributed by atoms with Gasteiger partial charge in [0.15, 0.2) is 0 Å². The zero-order valence-corrected chi connectivity index (χ0v) is 18.0. The van der Waals surface area contributed by atoms with E-state index < -0.39 is 14.5 Å². The van der Waals surface area contributed by atoms with Crippen molar-refractivity contribution in [3.8, 4) is 0 Å². The lowest BCUT2D eigenvalue weighted by Crippen LogP contribution is -2.41. The van der Waals surface area contributed by atoms with E-state index >= 15 is 0 Å². The Kier molecular flexibility index (Phi) is 5.64. The molecule has 134 valence electrons. The van der Waals surface area contributed by atoms with E-state index in [-0.39, 0.29) is 5.60 Å². The van der Waals surface area contributed by atoms with Crippen LogP contribution in [0.25, 0.3) is 11.6 Å². The summed E-state index contributed by atoms with van der Waals surface area (Å²) in [6.45, 7) is 14.0. The molecule has 25 heavy (non-hydrogen) atoms. The Balaban J connectivity index is 1.83. The van der Waals surface area contributed by atoms with Crippen LogP contribution >= 0.6 is 0 Å². The summed E-state index contributed by atoms with van der Waals surface area (Å²) in [5.41, 5.74) is 5.72. The minimum Gasteiger partial charge on any atom is -0.496 e. The largest absolute Gasteiger partial charge is 0.496 e. The van der Waals surface area contributed by atoms with Crippen LogP contribution in [0.15, 0.2) is 30.4 Å². The van der Waals surface area contributed by atoms with Crippen LogP contribution in [0.2, 0.25) is 10.6 Å². The molecule has 1 aromatic carbocycles. The molecule has 0 amide bonds. The Morgan fingerprint density at radius 3 is 2.44 bits per heavy atom. The van der Waals surface area contributed by atoms with E-state index in [9.17, 15) is 0 Å². The molecule has 0 bridgehead atoms. The standard InChI is InChI=1S/C15H15O.2C4H9.Al/c1-15(2,16)13-9-7-11-5-3-4-10-6-8-12(13)14(10)11;2*1-4(2)3;/h3-5,7-9,13H,6H2,1-2H3;2*4H,1H2,2-3H3;/q-1;;;+1. The van der Waals surface area contributed by atoms with Crippen molar-refractivity contribution in [2.24, 2.45) is 17.8 Å². The fourth-order valence-electron chi connectivity index (χ4n) is 4.54. The van der Waals surface area contributed by atoms with Gasteiger partial charge in [0.25, 0.3) is 0 Å². The highest BCUT2D eigenvalue weighted by Crippen LogP contribution is 2.45. The average molecular weight is 352 g/mol. The first-order valence-electron chi connectivity index (χ1n) is 9.96. The van der Waals surface area contributed by atoms with Crippen molar-refractivity contribution >= 4 is 26.1 Å². The molecule has 1 nitrogen and oxygen atoms in total. The SMILES string of the molecule is CC(C)[CH2][Al]([CH2]C(C)C)[O]C(C)(C)C1C=Cc2cccc3c2C1=CC3. The van der Waals surface area contributed by atoms with Crippen molar-refractivity contribution in [1.82, 2.24) is 0 Å². The third-order valence-electron chi connectivity index (χ3n) is 5.50. The van der Waals surface area contributed by atoms with Crippen molar-refractivity contribution in [1.29, 1.82) is 0 Å².